The summed E-state index contributed by atoms with van der Waals surface area (Å²) in [6.07, 6.45) is 2.40. The zero-order valence-electron chi connectivity index (χ0n) is 10.6. The largest absolute Gasteiger partial charge is 0.370 e. The number of hydrogen-bond acceptors (Lipinski definition) is 5. The predicted octanol–water partition coefficient (Wildman–Crippen LogP) is 2.03. The quantitative estimate of drug-likeness (QED) is 0.935. The normalized spacial score (nSPS) is 10.7. The molecule has 0 aliphatic rings. The Kier molecular flexibility index (Phi) is 3.90. The average Bonchev–Trinajstić information content (AvgIpc) is 2.69. The summed E-state index contributed by atoms with van der Waals surface area (Å²) >= 11 is 3.41. The molecule has 18 heavy (non-hydrogen) atoms. The van der Waals surface area contributed by atoms with Crippen molar-refractivity contribution in [2.24, 2.45) is 7.05 Å². The van der Waals surface area contributed by atoms with Crippen molar-refractivity contribution in [3.8, 4) is 11.4 Å². The number of aryl methyl sites for hydroxylation is 1. The molecule has 0 aromatic carbocycles. The van der Waals surface area contributed by atoms with Crippen LogP contribution in [0.2, 0.25) is 0 Å². The van der Waals surface area contributed by atoms with Gasteiger partial charge < -0.3 is 5.32 Å². The Morgan fingerprint density at radius 2 is 2.11 bits per heavy atom. The van der Waals surface area contributed by atoms with E-state index in [9.17, 15) is 0 Å². The lowest BCUT2D eigenvalue weighted by atomic mass is 10.1. The smallest absolute Gasteiger partial charge is 0.157 e. The van der Waals surface area contributed by atoms with E-state index in [2.05, 4.69) is 48.5 Å². The van der Waals surface area contributed by atoms with Crippen molar-refractivity contribution in [2.45, 2.75) is 20.3 Å². The number of nitrogens with zero attached hydrogens (tertiary/aromatic N) is 5. The summed E-state index contributed by atoms with van der Waals surface area (Å²) in [7, 11) is 1.85. The third-order valence-electron chi connectivity index (χ3n) is 2.65. The second-order valence-corrected chi connectivity index (χ2v) is 4.54. The summed E-state index contributed by atoms with van der Waals surface area (Å²) in [5, 5.41) is 11.2. The molecular formula is C11H15BrN6. The first kappa shape index (κ1) is 12.9. The second kappa shape index (κ2) is 5.43. The average molecular weight is 311 g/mol. The van der Waals surface area contributed by atoms with Gasteiger partial charge in [-0.1, -0.05) is 12.1 Å². The van der Waals surface area contributed by atoms with Crippen molar-refractivity contribution in [2.75, 3.05) is 11.9 Å². The molecule has 2 heterocycles. The van der Waals surface area contributed by atoms with Gasteiger partial charge in [-0.05, 0) is 29.3 Å². The second-order valence-electron chi connectivity index (χ2n) is 3.79. The fraction of sp³-hybridized carbons (Fsp3) is 0.455. The minimum Gasteiger partial charge on any atom is -0.370 e. The van der Waals surface area contributed by atoms with Gasteiger partial charge in [-0.2, -0.15) is 0 Å². The van der Waals surface area contributed by atoms with Gasteiger partial charge in [-0.3, -0.25) is 0 Å². The zero-order valence-corrected chi connectivity index (χ0v) is 12.2. The SMILES string of the molecule is CCNc1ncnc(-c2c(Br)nnn2C)c1CC. The molecule has 0 aliphatic heterocycles. The fourth-order valence-corrected chi connectivity index (χ4v) is 2.37. The van der Waals surface area contributed by atoms with E-state index >= 15 is 0 Å². The molecule has 0 spiro atoms. The fourth-order valence-electron chi connectivity index (χ4n) is 1.85. The Bertz CT molecular complexity index is 531. The van der Waals surface area contributed by atoms with Crippen LogP contribution in [0.3, 0.4) is 0 Å². The molecule has 0 bridgehead atoms. The maximum Gasteiger partial charge on any atom is 0.157 e. The molecule has 1 N–H and O–H groups in total. The molecule has 0 aliphatic carbocycles. The standard InChI is InChI=1S/C11H15BrN6/c1-4-7-8(9-10(12)16-17-18(9)3)14-6-15-11(7)13-5-2/h6H,4-5H2,1-3H3,(H,13,14,15). The van der Waals surface area contributed by atoms with Gasteiger partial charge in [0.2, 0.25) is 0 Å². The van der Waals surface area contributed by atoms with Gasteiger partial charge in [-0.25, -0.2) is 14.6 Å². The van der Waals surface area contributed by atoms with E-state index in [-0.39, 0.29) is 0 Å². The number of halogens is 1. The maximum absolute atomic E-state index is 4.37. The highest BCUT2D eigenvalue weighted by atomic mass is 79.9. The first-order valence-electron chi connectivity index (χ1n) is 5.82. The Balaban J connectivity index is 2.61. The maximum atomic E-state index is 4.37. The lowest BCUT2D eigenvalue weighted by Gasteiger charge is -2.12. The summed E-state index contributed by atoms with van der Waals surface area (Å²) in [4.78, 5) is 8.66. The van der Waals surface area contributed by atoms with Gasteiger partial charge in [0.25, 0.3) is 0 Å². The van der Waals surface area contributed by atoms with Crippen LogP contribution in [0, 0.1) is 0 Å². The van der Waals surface area contributed by atoms with Crippen LogP contribution in [-0.2, 0) is 13.5 Å². The van der Waals surface area contributed by atoms with Gasteiger partial charge in [0.05, 0.1) is 5.69 Å². The molecule has 6 nitrogen and oxygen atoms in total. The molecule has 2 rings (SSSR count). The molecular weight excluding hydrogens is 296 g/mol. The highest BCUT2D eigenvalue weighted by molar-refractivity contribution is 9.10. The minimum absolute atomic E-state index is 0.695. The number of aromatic nitrogens is 5. The molecule has 0 saturated carbocycles. The van der Waals surface area contributed by atoms with Gasteiger partial charge >= 0.3 is 0 Å². The van der Waals surface area contributed by atoms with E-state index in [4.69, 9.17) is 0 Å². The van der Waals surface area contributed by atoms with E-state index in [0.717, 1.165) is 35.7 Å². The third kappa shape index (κ3) is 2.22. The van der Waals surface area contributed by atoms with Crippen molar-refractivity contribution >= 4 is 21.7 Å². The number of anilines is 1. The van der Waals surface area contributed by atoms with E-state index in [1.54, 1.807) is 11.0 Å². The van der Waals surface area contributed by atoms with Crippen molar-refractivity contribution in [3.05, 3.63) is 16.5 Å². The highest BCUT2D eigenvalue weighted by Gasteiger charge is 2.18. The van der Waals surface area contributed by atoms with Crippen molar-refractivity contribution in [3.63, 3.8) is 0 Å². The first-order chi connectivity index (χ1) is 8.69. The van der Waals surface area contributed by atoms with Crippen LogP contribution in [0.25, 0.3) is 11.4 Å². The van der Waals surface area contributed by atoms with Gasteiger partial charge in [-0.15, -0.1) is 5.10 Å². The van der Waals surface area contributed by atoms with E-state index in [1.165, 1.54) is 0 Å². The number of rotatable bonds is 4. The zero-order chi connectivity index (χ0) is 13.1. The predicted molar refractivity (Wildman–Crippen MR) is 73.3 cm³/mol. The Hall–Kier alpha value is -1.50. The summed E-state index contributed by atoms with van der Waals surface area (Å²) in [6, 6.07) is 0. The third-order valence-corrected chi connectivity index (χ3v) is 3.19. The summed E-state index contributed by atoms with van der Waals surface area (Å²) in [5.41, 5.74) is 2.81. The lowest BCUT2D eigenvalue weighted by molar-refractivity contribution is 0.717. The van der Waals surface area contributed by atoms with E-state index in [0.29, 0.717) is 4.60 Å². The molecule has 2 aromatic heterocycles. The van der Waals surface area contributed by atoms with E-state index < -0.39 is 0 Å². The summed E-state index contributed by atoms with van der Waals surface area (Å²) < 4.78 is 2.40. The summed E-state index contributed by atoms with van der Waals surface area (Å²) in [5.74, 6) is 0.873. The molecule has 0 amide bonds. The van der Waals surface area contributed by atoms with E-state index in [1.807, 2.05) is 14.0 Å². The molecule has 0 unspecified atom stereocenters. The highest BCUT2D eigenvalue weighted by Crippen LogP contribution is 2.29. The van der Waals surface area contributed by atoms with Crippen LogP contribution in [0.5, 0.6) is 0 Å². The van der Waals surface area contributed by atoms with Gasteiger partial charge in [0, 0.05) is 19.2 Å². The van der Waals surface area contributed by atoms with Crippen molar-refractivity contribution in [1.29, 1.82) is 0 Å². The topological polar surface area (TPSA) is 68.5 Å². The Labute approximate surface area is 114 Å². The van der Waals surface area contributed by atoms with Crippen molar-refractivity contribution in [1.82, 2.24) is 25.0 Å². The number of nitrogens with one attached hydrogen (secondary N) is 1. The van der Waals surface area contributed by atoms with Crippen LogP contribution in [0.4, 0.5) is 5.82 Å². The number of hydrogen-bond donors (Lipinski definition) is 1. The van der Waals surface area contributed by atoms with Crippen LogP contribution in [0.1, 0.15) is 19.4 Å². The van der Waals surface area contributed by atoms with Crippen LogP contribution in [-0.4, -0.2) is 31.5 Å². The lowest BCUT2D eigenvalue weighted by Crippen LogP contribution is -2.07. The molecule has 0 radical (unpaired) electrons. The molecule has 96 valence electrons. The molecule has 0 saturated heterocycles. The van der Waals surface area contributed by atoms with Crippen LogP contribution in [0.15, 0.2) is 10.9 Å². The molecule has 2 aromatic rings. The first-order valence-corrected chi connectivity index (χ1v) is 6.61. The van der Waals surface area contributed by atoms with Crippen molar-refractivity contribution < 1.29 is 0 Å². The molecule has 7 heteroatoms. The van der Waals surface area contributed by atoms with Gasteiger partial charge in [0.1, 0.15) is 17.8 Å². The van der Waals surface area contributed by atoms with Crippen LogP contribution < -0.4 is 5.32 Å². The van der Waals surface area contributed by atoms with Crippen LogP contribution >= 0.6 is 15.9 Å². The summed E-state index contributed by atoms with van der Waals surface area (Å²) in [6.45, 7) is 4.96. The Morgan fingerprint density at radius 3 is 2.67 bits per heavy atom. The minimum atomic E-state index is 0.695. The van der Waals surface area contributed by atoms with Gasteiger partial charge in [0.15, 0.2) is 4.60 Å². The molecule has 0 fully saturated rings. The monoisotopic (exact) mass is 310 g/mol. The Morgan fingerprint density at radius 1 is 1.33 bits per heavy atom. The molecule has 0 atom stereocenters.